The number of nitrogens with zero attached hydrogens (tertiary/aromatic N) is 1. The van der Waals surface area contributed by atoms with Crippen LogP contribution in [0.4, 0.5) is 0 Å². The molecule has 1 nitrogen and oxygen atoms in total. The predicted octanol–water partition coefficient (Wildman–Crippen LogP) is 3.32. The number of rotatable bonds is 3. The highest BCUT2D eigenvalue weighted by molar-refractivity contribution is 7.99. The summed E-state index contributed by atoms with van der Waals surface area (Å²) in [6, 6.07) is 2.11. The average Bonchev–Trinajstić information content (AvgIpc) is 2.05. The summed E-state index contributed by atoms with van der Waals surface area (Å²) in [7, 11) is 0. The first-order chi connectivity index (χ1) is 5.75. The smallest absolute Gasteiger partial charge is 0.0406 e. The average molecular weight is 181 g/mol. The van der Waals surface area contributed by atoms with E-state index >= 15 is 0 Å². The Kier molecular flexibility index (Phi) is 3.60. The standard InChI is InChI=1S/C10H15NS/c1-4-12-10-7-11-6-5-9(10)8(2)3/h5-8H,4H2,1-3H3. The van der Waals surface area contributed by atoms with E-state index in [-0.39, 0.29) is 0 Å². The molecule has 0 aliphatic carbocycles. The van der Waals surface area contributed by atoms with Gasteiger partial charge in [-0.1, -0.05) is 20.8 Å². The molecule has 1 heterocycles. The number of pyridine rings is 1. The molecule has 0 aliphatic rings. The summed E-state index contributed by atoms with van der Waals surface area (Å²) >= 11 is 1.87. The molecular formula is C10H15NS. The minimum absolute atomic E-state index is 0.599. The van der Waals surface area contributed by atoms with Crippen molar-refractivity contribution in [2.75, 3.05) is 5.75 Å². The van der Waals surface area contributed by atoms with Gasteiger partial charge in [-0.05, 0) is 23.3 Å². The fraction of sp³-hybridized carbons (Fsp3) is 0.500. The minimum Gasteiger partial charge on any atom is -0.264 e. The zero-order valence-corrected chi connectivity index (χ0v) is 8.69. The Hall–Kier alpha value is -0.500. The second kappa shape index (κ2) is 4.51. The van der Waals surface area contributed by atoms with Gasteiger partial charge < -0.3 is 0 Å². The lowest BCUT2D eigenvalue weighted by Gasteiger charge is -2.09. The summed E-state index contributed by atoms with van der Waals surface area (Å²) in [5, 5.41) is 0. The molecule has 0 amide bonds. The van der Waals surface area contributed by atoms with Gasteiger partial charge in [0.15, 0.2) is 0 Å². The largest absolute Gasteiger partial charge is 0.264 e. The number of aromatic nitrogens is 1. The molecule has 12 heavy (non-hydrogen) atoms. The summed E-state index contributed by atoms with van der Waals surface area (Å²) in [4.78, 5) is 5.45. The molecule has 0 atom stereocenters. The molecule has 0 saturated heterocycles. The number of hydrogen-bond acceptors (Lipinski definition) is 2. The van der Waals surface area contributed by atoms with E-state index in [1.165, 1.54) is 10.5 Å². The first-order valence-electron chi connectivity index (χ1n) is 4.32. The summed E-state index contributed by atoms with van der Waals surface area (Å²) in [6.45, 7) is 6.60. The highest BCUT2D eigenvalue weighted by Crippen LogP contribution is 2.26. The summed E-state index contributed by atoms with van der Waals surface area (Å²) < 4.78 is 0. The van der Waals surface area contributed by atoms with E-state index in [2.05, 4.69) is 31.8 Å². The van der Waals surface area contributed by atoms with E-state index in [1.807, 2.05) is 24.2 Å². The lowest BCUT2D eigenvalue weighted by molar-refractivity contribution is 0.835. The molecule has 0 aliphatic heterocycles. The molecule has 2 heteroatoms. The Morgan fingerprint density at radius 1 is 1.50 bits per heavy atom. The van der Waals surface area contributed by atoms with Crippen molar-refractivity contribution in [1.82, 2.24) is 4.98 Å². The van der Waals surface area contributed by atoms with Crippen LogP contribution in [0.5, 0.6) is 0 Å². The van der Waals surface area contributed by atoms with Crippen LogP contribution in [0.2, 0.25) is 0 Å². The fourth-order valence-corrected chi connectivity index (χ4v) is 2.06. The van der Waals surface area contributed by atoms with Crippen LogP contribution in [-0.4, -0.2) is 10.7 Å². The van der Waals surface area contributed by atoms with Crippen LogP contribution in [-0.2, 0) is 0 Å². The van der Waals surface area contributed by atoms with Crippen LogP contribution in [0.1, 0.15) is 32.3 Å². The van der Waals surface area contributed by atoms with Gasteiger partial charge in [-0.3, -0.25) is 4.98 Å². The van der Waals surface area contributed by atoms with Crippen LogP contribution < -0.4 is 0 Å². The van der Waals surface area contributed by atoms with E-state index in [0.717, 1.165) is 5.75 Å². The second-order valence-electron chi connectivity index (χ2n) is 3.00. The van der Waals surface area contributed by atoms with Gasteiger partial charge in [-0.25, -0.2) is 0 Å². The van der Waals surface area contributed by atoms with Crippen LogP contribution in [0, 0.1) is 0 Å². The lowest BCUT2D eigenvalue weighted by atomic mass is 10.1. The first-order valence-corrected chi connectivity index (χ1v) is 5.31. The van der Waals surface area contributed by atoms with Crippen molar-refractivity contribution in [3.63, 3.8) is 0 Å². The SMILES string of the molecule is CCSc1cnccc1C(C)C. The van der Waals surface area contributed by atoms with Gasteiger partial charge in [0.2, 0.25) is 0 Å². The van der Waals surface area contributed by atoms with Crippen LogP contribution >= 0.6 is 11.8 Å². The van der Waals surface area contributed by atoms with Gasteiger partial charge in [-0.2, -0.15) is 0 Å². The Morgan fingerprint density at radius 3 is 2.83 bits per heavy atom. The molecule has 0 fully saturated rings. The minimum atomic E-state index is 0.599. The van der Waals surface area contributed by atoms with Gasteiger partial charge in [0, 0.05) is 17.3 Å². The summed E-state index contributed by atoms with van der Waals surface area (Å²) in [5.41, 5.74) is 1.41. The fourth-order valence-electron chi connectivity index (χ4n) is 1.14. The van der Waals surface area contributed by atoms with Crippen molar-refractivity contribution >= 4 is 11.8 Å². The molecule has 1 aromatic rings. The van der Waals surface area contributed by atoms with E-state index in [0.29, 0.717) is 5.92 Å². The molecule has 0 spiro atoms. The molecule has 0 radical (unpaired) electrons. The molecule has 0 unspecified atom stereocenters. The predicted molar refractivity (Wildman–Crippen MR) is 54.7 cm³/mol. The second-order valence-corrected chi connectivity index (χ2v) is 4.31. The zero-order chi connectivity index (χ0) is 8.97. The molecule has 1 aromatic heterocycles. The maximum Gasteiger partial charge on any atom is 0.0406 e. The van der Waals surface area contributed by atoms with Gasteiger partial charge in [-0.15, -0.1) is 11.8 Å². The van der Waals surface area contributed by atoms with Crippen LogP contribution in [0.15, 0.2) is 23.4 Å². The third kappa shape index (κ3) is 2.24. The van der Waals surface area contributed by atoms with Gasteiger partial charge >= 0.3 is 0 Å². The third-order valence-electron chi connectivity index (χ3n) is 1.74. The number of hydrogen-bond donors (Lipinski definition) is 0. The Morgan fingerprint density at radius 2 is 2.25 bits per heavy atom. The Labute approximate surface area is 78.6 Å². The quantitative estimate of drug-likeness (QED) is 0.663. The van der Waals surface area contributed by atoms with Gasteiger partial charge in [0.25, 0.3) is 0 Å². The lowest BCUT2D eigenvalue weighted by Crippen LogP contribution is -1.91. The van der Waals surface area contributed by atoms with E-state index in [1.54, 1.807) is 0 Å². The topological polar surface area (TPSA) is 12.9 Å². The van der Waals surface area contributed by atoms with Crippen LogP contribution in [0.25, 0.3) is 0 Å². The highest BCUT2D eigenvalue weighted by Gasteiger charge is 2.04. The first kappa shape index (κ1) is 9.59. The van der Waals surface area contributed by atoms with Crippen molar-refractivity contribution in [2.45, 2.75) is 31.6 Å². The normalized spacial score (nSPS) is 10.7. The monoisotopic (exact) mass is 181 g/mol. The van der Waals surface area contributed by atoms with Gasteiger partial charge in [0.1, 0.15) is 0 Å². The molecular weight excluding hydrogens is 166 g/mol. The molecule has 0 aromatic carbocycles. The van der Waals surface area contributed by atoms with E-state index in [9.17, 15) is 0 Å². The maximum atomic E-state index is 4.13. The maximum absolute atomic E-state index is 4.13. The Balaban J connectivity index is 2.92. The van der Waals surface area contributed by atoms with Crippen molar-refractivity contribution in [1.29, 1.82) is 0 Å². The Bertz CT molecular complexity index is 245. The summed E-state index contributed by atoms with van der Waals surface area (Å²) in [6.07, 6.45) is 3.83. The van der Waals surface area contributed by atoms with E-state index < -0.39 is 0 Å². The van der Waals surface area contributed by atoms with Crippen LogP contribution in [0.3, 0.4) is 0 Å². The van der Waals surface area contributed by atoms with Crippen molar-refractivity contribution in [3.8, 4) is 0 Å². The van der Waals surface area contributed by atoms with Gasteiger partial charge in [0.05, 0.1) is 0 Å². The van der Waals surface area contributed by atoms with Crippen molar-refractivity contribution in [2.24, 2.45) is 0 Å². The third-order valence-corrected chi connectivity index (χ3v) is 2.68. The highest BCUT2D eigenvalue weighted by atomic mass is 32.2. The molecule has 0 saturated carbocycles. The molecule has 0 bridgehead atoms. The van der Waals surface area contributed by atoms with Crippen molar-refractivity contribution in [3.05, 3.63) is 24.0 Å². The molecule has 66 valence electrons. The van der Waals surface area contributed by atoms with E-state index in [4.69, 9.17) is 0 Å². The van der Waals surface area contributed by atoms with Crippen molar-refractivity contribution < 1.29 is 0 Å². The zero-order valence-electron chi connectivity index (χ0n) is 7.87. The molecule has 0 N–H and O–H groups in total. The number of thioether (sulfide) groups is 1. The summed E-state index contributed by atoms with van der Waals surface area (Å²) in [5.74, 6) is 1.72. The molecule has 1 rings (SSSR count).